The molecule has 3 nitrogen and oxygen atoms in total. The summed E-state index contributed by atoms with van der Waals surface area (Å²) in [5, 5.41) is 3.25. The normalized spacial score (nSPS) is 28.8. The van der Waals surface area contributed by atoms with Crippen LogP contribution in [0.2, 0.25) is 0 Å². The van der Waals surface area contributed by atoms with Crippen LogP contribution in [0.3, 0.4) is 0 Å². The first-order valence-corrected chi connectivity index (χ1v) is 4.05. The van der Waals surface area contributed by atoms with Gasteiger partial charge in [0.2, 0.25) is 0 Å². The smallest absolute Gasteiger partial charge is 0.309 e. The van der Waals surface area contributed by atoms with Gasteiger partial charge in [-0.15, -0.1) is 12.4 Å². The van der Waals surface area contributed by atoms with Crippen LogP contribution in [0.15, 0.2) is 0 Å². The van der Waals surface area contributed by atoms with E-state index in [0.717, 1.165) is 19.4 Å². The molecule has 4 heteroatoms. The quantitative estimate of drug-likeness (QED) is 0.631. The molecule has 0 amide bonds. The third-order valence-electron chi connectivity index (χ3n) is 2.20. The average Bonchev–Trinajstić information content (AvgIpc) is 2.05. The molecule has 1 saturated heterocycles. The first-order valence-electron chi connectivity index (χ1n) is 4.05. The molecule has 0 radical (unpaired) electrons. The van der Waals surface area contributed by atoms with Gasteiger partial charge in [0.25, 0.3) is 0 Å². The van der Waals surface area contributed by atoms with E-state index < -0.39 is 0 Å². The molecule has 1 aliphatic rings. The molecule has 2 unspecified atom stereocenters. The van der Waals surface area contributed by atoms with E-state index in [-0.39, 0.29) is 24.3 Å². The lowest BCUT2D eigenvalue weighted by Crippen LogP contribution is -2.40. The number of rotatable bonds is 1. The highest BCUT2D eigenvalue weighted by Gasteiger charge is 2.23. The Balaban J connectivity index is 0.00000121. The molecule has 72 valence electrons. The van der Waals surface area contributed by atoms with E-state index in [0.29, 0.717) is 6.04 Å². The van der Waals surface area contributed by atoms with E-state index in [1.165, 1.54) is 7.11 Å². The summed E-state index contributed by atoms with van der Waals surface area (Å²) in [6.45, 7) is 2.90. The van der Waals surface area contributed by atoms with Gasteiger partial charge in [0.15, 0.2) is 0 Å². The third kappa shape index (κ3) is 2.99. The molecule has 0 spiro atoms. The minimum absolute atomic E-state index is 0. The molecule has 12 heavy (non-hydrogen) atoms. The fourth-order valence-corrected chi connectivity index (χ4v) is 1.37. The number of carbonyl (C=O) groups excluding carboxylic acids is 1. The minimum atomic E-state index is -0.0793. The van der Waals surface area contributed by atoms with E-state index in [1.54, 1.807) is 0 Å². The molecule has 0 aromatic heterocycles. The van der Waals surface area contributed by atoms with Crippen LogP contribution in [0, 0.1) is 5.92 Å². The predicted molar refractivity (Wildman–Crippen MR) is 49.5 cm³/mol. The van der Waals surface area contributed by atoms with Crippen LogP contribution in [0.1, 0.15) is 19.8 Å². The van der Waals surface area contributed by atoms with Crippen molar-refractivity contribution in [2.24, 2.45) is 5.92 Å². The van der Waals surface area contributed by atoms with Crippen LogP contribution in [0.5, 0.6) is 0 Å². The summed E-state index contributed by atoms with van der Waals surface area (Å²) >= 11 is 0. The molecule has 0 aromatic carbocycles. The van der Waals surface area contributed by atoms with Crippen molar-refractivity contribution in [2.75, 3.05) is 13.7 Å². The van der Waals surface area contributed by atoms with Gasteiger partial charge >= 0.3 is 5.97 Å². The van der Waals surface area contributed by atoms with Gasteiger partial charge < -0.3 is 10.1 Å². The molecule has 2 atom stereocenters. The standard InChI is InChI=1S/C8H15NO2.ClH/c1-6-3-4-7(5-9-6)8(10)11-2;/h6-7,9H,3-5H2,1-2H3;1H. The summed E-state index contributed by atoms with van der Waals surface area (Å²) in [6.07, 6.45) is 2.03. The van der Waals surface area contributed by atoms with Crippen LogP contribution in [-0.4, -0.2) is 25.7 Å². The number of nitrogens with one attached hydrogen (secondary N) is 1. The Labute approximate surface area is 79.3 Å². The zero-order chi connectivity index (χ0) is 8.27. The topological polar surface area (TPSA) is 38.3 Å². The van der Waals surface area contributed by atoms with Crippen molar-refractivity contribution >= 4 is 18.4 Å². The maximum atomic E-state index is 11.0. The zero-order valence-corrected chi connectivity index (χ0v) is 8.32. The van der Waals surface area contributed by atoms with Gasteiger partial charge in [-0.25, -0.2) is 0 Å². The lowest BCUT2D eigenvalue weighted by atomic mass is 9.96. The highest BCUT2D eigenvalue weighted by molar-refractivity contribution is 5.85. The van der Waals surface area contributed by atoms with Crippen LogP contribution in [-0.2, 0) is 9.53 Å². The van der Waals surface area contributed by atoms with Crippen molar-refractivity contribution in [3.8, 4) is 0 Å². The molecule has 1 heterocycles. The molecule has 1 N–H and O–H groups in total. The predicted octanol–water partition coefficient (Wildman–Crippen LogP) is 0.969. The number of carbonyl (C=O) groups is 1. The fraction of sp³-hybridized carbons (Fsp3) is 0.875. The van der Waals surface area contributed by atoms with E-state index in [2.05, 4.69) is 17.0 Å². The van der Waals surface area contributed by atoms with Crippen molar-refractivity contribution in [3.63, 3.8) is 0 Å². The van der Waals surface area contributed by atoms with Gasteiger partial charge in [0, 0.05) is 12.6 Å². The summed E-state index contributed by atoms with van der Waals surface area (Å²) in [5.41, 5.74) is 0. The number of esters is 1. The maximum Gasteiger partial charge on any atom is 0.309 e. The van der Waals surface area contributed by atoms with E-state index in [9.17, 15) is 4.79 Å². The van der Waals surface area contributed by atoms with Gasteiger partial charge in [0.1, 0.15) is 0 Å². The van der Waals surface area contributed by atoms with Crippen molar-refractivity contribution in [3.05, 3.63) is 0 Å². The number of halogens is 1. The molecule has 0 bridgehead atoms. The Kier molecular flexibility index (Phi) is 5.25. The molecule has 1 aliphatic heterocycles. The molecular formula is C8H16ClNO2. The van der Waals surface area contributed by atoms with Crippen LogP contribution < -0.4 is 5.32 Å². The summed E-state index contributed by atoms with van der Waals surface area (Å²) in [4.78, 5) is 11.0. The second-order valence-corrected chi connectivity index (χ2v) is 3.11. The second kappa shape index (κ2) is 5.38. The molecule has 0 saturated carbocycles. The number of hydrogen-bond acceptors (Lipinski definition) is 3. The largest absolute Gasteiger partial charge is 0.469 e. The van der Waals surface area contributed by atoms with Crippen LogP contribution in [0.25, 0.3) is 0 Å². The molecule has 1 rings (SSSR count). The second-order valence-electron chi connectivity index (χ2n) is 3.11. The Morgan fingerprint density at radius 3 is 2.58 bits per heavy atom. The first-order chi connectivity index (χ1) is 5.24. The SMILES string of the molecule is COC(=O)C1CCC(C)NC1.Cl. The Bertz CT molecular complexity index is 144. The van der Waals surface area contributed by atoms with Crippen molar-refractivity contribution < 1.29 is 9.53 Å². The Hall–Kier alpha value is -0.280. The van der Waals surface area contributed by atoms with Gasteiger partial charge in [-0.2, -0.15) is 0 Å². The zero-order valence-electron chi connectivity index (χ0n) is 7.50. The Morgan fingerprint density at radius 1 is 1.50 bits per heavy atom. The molecular weight excluding hydrogens is 178 g/mol. The third-order valence-corrected chi connectivity index (χ3v) is 2.20. The summed E-state index contributed by atoms with van der Waals surface area (Å²) in [6, 6.07) is 0.552. The van der Waals surface area contributed by atoms with Crippen LogP contribution in [0.4, 0.5) is 0 Å². The lowest BCUT2D eigenvalue weighted by Gasteiger charge is -2.25. The van der Waals surface area contributed by atoms with Gasteiger partial charge in [-0.1, -0.05) is 0 Å². The van der Waals surface area contributed by atoms with Gasteiger partial charge in [-0.05, 0) is 19.8 Å². The number of ether oxygens (including phenoxy) is 1. The van der Waals surface area contributed by atoms with Gasteiger partial charge in [0.05, 0.1) is 13.0 Å². The molecule has 0 aliphatic carbocycles. The van der Waals surface area contributed by atoms with E-state index in [1.807, 2.05) is 0 Å². The monoisotopic (exact) mass is 193 g/mol. The average molecular weight is 194 g/mol. The summed E-state index contributed by atoms with van der Waals surface area (Å²) < 4.78 is 4.65. The highest BCUT2D eigenvalue weighted by atomic mass is 35.5. The van der Waals surface area contributed by atoms with Crippen molar-refractivity contribution in [1.82, 2.24) is 5.32 Å². The lowest BCUT2D eigenvalue weighted by molar-refractivity contribution is -0.146. The number of piperidine rings is 1. The minimum Gasteiger partial charge on any atom is -0.469 e. The first kappa shape index (κ1) is 11.7. The highest BCUT2D eigenvalue weighted by Crippen LogP contribution is 2.14. The Morgan fingerprint density at radius 2 is 2.17 bits per heavy atom. The molecule has 0 aromatic rings. The maximum absolute atomic E-state index is 11.0. The number of methoxy groups -OCH3 is 1. The summed E-state index contributed by atoms with van der Waals surface area (Å²) in [5.74, 6) is 0.000556. The van der Waals surface area contributed by atoms with Crippen molar-refractivity contribution in [1.29, 1.82) is 0 Å². The van der Waals surface area contributed by atoms with E-state index >= 15 is 0 Å². The van der Waals surface area contributed by atoms with Crippen LogP contribution >= 0.6 is 12.4 Å². The summed E-state index contributed by atoms with van der Waals surface area (Å²) in [7, 11) is 1.44. The van der Waals surface area contributed by atoms with Gasteiger partial charge in [-0.3, -0.25) is 4.79 Å². The molecule has 1 fully saturated rings. The fourth-order valence-electron chi connectivity index (χ4n) is 1.37. The van der Waals surface area contributed by atoms with Crippen molar-refractivity contribution in [2.45, 2.75) is 25.8 Å². The number of hydrogen-bond donors (Lipinski definition) is 1. The van der Waals surface area contributed by atoms with E-state index in [4.69, 9.17) is 0 Å².